The molecule has 0 saturated heterocycles. The Morgan fingerprint density at radius 2 is 1.85 bits per heavy atom. The zero-order valence-corrected chi connectivity index (χ0v) is 15.6. The lowest BCUT2D eigenvalue weighted by Gasteiger charge is -2.34. The lowest BCUT2D eigenvalue weighted by atomic mass is 9.70. The number of carbonyl (C=O) groups is 1. The first-order valence-corrected chi connectivity index (χ1v) is 10.4. The fraction of sp³-hybridized carbons (Fsp3) is 0.350. The molecule has 1 unspecified atom stereocenters. The van der Waals surface area contributed by atoms with E-state index < -0.39 is 21.9 Å². The maximum Gasteiger partial charge on any atom is 0.234 e. The van der Waals surface area contributed by atoms with Crippen LogP contribution in [0.3, 0.4) is 0 Å². The monoisotopic (exact) mass is 373 g/mol. The van der Waals surface area contributed by atoms with Crippen LogP contribution in [0.2, 0.25) is 0 Å². The molecule has 1 amide bonds. The molecule has 1 atom stereocenters. The topological polar surface area (TPSA) is 83.5 Å². The van der Waals surface area contributed by atoms with Gasteiger partial charge >= 0.3 is 0 Å². The highest BCUT2D eigenvalue weighted by Crippen LogP contribution is 2.38. The molecule has 3 rings (SSSR count). The van der Waals surface area contributed by atoms with Crippen LogP contribution in [0.4, 0.5) is 5.69 Å². The van der Waals surface area contributed by atoms with E-state index in [2.05, 4.69) is 11.4 Å². The van der Waals surface area contributed by atoms with E-state index in [1.165, 1.54) is 17.7 Å². The molecule has 0 radical (unpaired) electrons. The molecule has 26 heavy (non-hydrogen) atoms. The highest BCUT2D eigenvalue weighted by Gasteiger charge is 2.38. The van der Waals surface area contributed by atoms with Gasteiger partial charge in [0.2, 0.25) is 5.91 Å². The number of fused-ring (bicyclic) bond motifs is 1. The minimum Gasteiger partial charge on any atom is -0.395 e. The first kappa shape index (κ1) is 18.6. The Hall–Kier alpha value is -2.18. The summed E-state index contributed by atoms with van der Waals surface area (Å²) >= 11 is 0. The highest BCUT2D eigenvalue weighted by atomic mass is 32.2. The van der Waals surface area contributed by atoms with Crippen molar-refractivity contribution in [2.75, 3.05) is 17.7 Å². The van der Waals surface area contributed by atoms with Crippen LogP contribution in [-0.4, -0.2) is 31.8 Å². The summed E-state index contributed by atoms with van der Waals surface area (Å²) < 4.78 is 23.9. The Labute approximate surface area is 154 Å². The van der Waals surface area contributed by atoms with Crippen molar-refractivity contribution in [2.45, 2.75) is 36.5 Å². The molecule has 0 bridgehead atoms. The van der Waals surface area contributed by atoms with Gasteiger partial charge in [-0.15, -0.1) is 0 Å². The van der Waals surface area contributed by atoms with Gasteiger partial charge in [-0.1, -0.05) is 24.3 Å². The largest absolute Gasteiger partial charge is 0.395 e. The summed E-state index contributed by atoms with van der Waals surface area (Å²) in [5.41, 5.74) is 2.23. The Kier molecular flexibility index (Phi) is 5.16. The third-order valence-electron chi connectivity index (χ3n) is 5.07. The summed E-state index contributed by atoms with van der Waals surface area (Å²) in [7, 11) is -3.49. The van der Waals surface area contributed by atoms with Crippen LogP contribution in [0.15, 0.2) is 53.4 Å². The smallest absolute Gasteiger partial charge is 0.234 e. The number of rotatable bonds is 5. The molecule has 0 spiro atoms. The van der Waals surface area contributed by atoms with E-state index in [9.17, 15) is 13.2 Å². The van der Waals surface area contributed by atoms with E-state index in [0.29, 0.717) is 5.69 Å². The molecule has 1 aliphatic rings. The van der Waals surface area contributed by atoms with E-state index in [-0.39, 0.29) is 16.6 Å². The molecular formula is C20H23NO4S. The van der Waals surface area contributed by atoms with E-state index in [0.717, 1.165) is 24.8 Å². The van der Waals surface area contributed by atoms with E-state index in [1.807, 2.05) is 25.1 Å². The average Bonchev–Trinajstić information content (AvgIpc) is 2.62. The summed E-state index contributed by atoms with van der Waals surface area (Å²) in [4.78, 5) is 13.1. The van der Waals surface area contributed by atoms with Crippen molar-refractivity contribution >= 4 is 21.4 Å². The average molecular weight is 373 g/mol. The second kappa shape index (κ2) is 7.21. The number of hydrogen-bond donors (Lipinski definition) is 2. The third kappa shape index (κ3) is 3.52. The molecule has 5 nitrogen and oxygen atoms in total. The van der Waals surface area contributed by atoms with Crippen molar-refractivity contribution in [1.82, 2.24) is 0 Å². The van der Waals surface area contributed by atoms with Gasteiger partial charge in [-0.05, 0) is 61.6 Å². The number of benzene rings is 2. The van der Waals surface area contributed by atoms with Crippen LogP contribution >= 0.6 is 0 Å². The molecular weight excluding hydrogens is 350 g/mol. The van der Waals surface area contributed by atoms with Crippen LogP contribution in [0.5, 0.6) is 0 Å². The normalized spacial score (nSPS) is 19.6. The zero-order valence-electron chi connectivity index (χ0n) is 14.7. The lowest BCUT2D eigenvalue weighted by molar-refractivity contribution is -0.121. The number of carbonyl (C=O) groups excluding carboxylic acids is 1. The first-order chi connectivity index (χ1) is 12.4. The number of aliphatic hydroxyl groups is 1. The zero-order chi connectivity index (χ0) is 18.8. The SMILES string of the molecule is CC1(C(=O)Nc2ccc(S(=O)(=O)CCO)cc2)CCCc2ccccc21. The van der Waals surface area contributed by atoms with Crippen molar-refractivity contribution in [2.24, 2.45) is 0 Å². The molecule has 2 N–H and O–H groups in total. The van der Waals surface area contributed by atoms with Crippen molar-refractivity contribution in [3.8, 4) is 0 Å². The van der Waals surface area contributed by atoms with Crippen LogP contribution in [0, 0.1) is 0 Å². The van der Waals surface area contributed by atoms with Gasteiger partial charge in [-0.25, -0.2) is 8.42 Å². The lowest BCUT2D eigenvalue weighted by Crippen LogP contribution is -2.40. The van der Waals surface area contributed by atoms with Crippen molar-refractivity contribution in [3.63, 3.8) is 0 Å². The maximum absolute atomic E-state index is 13.0. The van der Waals surface area contributed by atoms with Crippen molar-refractivity contribution in [3.05, 3.63) is 59.7 Å². The second-order valence-electron chi connectivity index (χ2n) is 6.86. The number of nitrogens with one attached hydrogen (secondary N) is 1. The van der Waals surface area contributed by atoms with E-state index in [1.54, 1.807) is 12.1 Å². The van der Waals surface area contributed by atoms with Crippen molar-refractivity contribution < 1.29 is 18.3 Å². The van der Waals surface area contributed by atoms with Gasteiger partial charge in [-0.2, -0.15) is 0 Å². The third-order valence-corrected chi connectivity index (χ3v) is 6.78. The summed E-state index contributed by atoms with van der Waals surface area (Å²) in [6, 6.07) is 14.1. The summed E-state index contributed by atoms with van der Waals surface area (Å²) in [5.74, 6) is -0.399. The number of sulfone groups is 1. The Morgan fingerprint density at radius 3 is 2.54 bits per heavy atom. The highest BCUT2D eigenvalue weighted by molar-refractivity contribution is 7.91. The molecule has 2 aromatic rings. The molecule has 1 aliphatic carbocycles. The molecule has 2 aromatic carbocycles. The Balaban J connectivity index is 1.81. The standard InChI is InChI=1S/C20H23NO4S/c1-20(12-4-6-15-5-2-3-7-18(15)20)19(23)21-16-8-10-17(11-9-16)26(24,25)14-13-22/h2-3,5,7-11,22H,4,6,12-14H2,1H3,(H,21,23). The second-order valence-corrected chi connectivity index (χ2v) is 8.97. The fourth-order valence-corrected chi connectivity index (χ4v) is 4.56. The molecule has 0 heterocycles. The van der Waals surface area contributed by atoms with Crippen LogP contribution in [0.25, 0.3) is 0 Å². The van der Waals surface area contributed by atoms with Crippen LogP contribution < -0.4 is 5.32 Å². The molecule has 0 aromatic heterocycles. The van der Waals surface area contributed by atoms with Gasteiger partial charge < -0.3 is 10.4 Å². The Bertz CT molecular complexity index is 906. The van der Waals surface area contributed by atoms with E-state index in [4.69, 9.17) is 5.11 Å². The van der Waals surface area contributed by atoms with Gasteiger partial charge in [0.25, 0.3) is 0 Å². The Morgan fingerprint density at radius 1 is 1.15 bits per heavy atom. The van der Waals surface area contributed by atoms with Gasteiger partial charge in [0.1, 0.15) is 0 Å². The van der Waals surface area contributed by atoms with E-state index >= 15 is 0 Å². The van der Waals surface area contributed by atoms with Crippen molar-refractivity contribution in [1.29, 1.82) is 0 Å². The number of aliphatic hydroxyl groups excluding tert-OH is 1. The van der Waals surface area contributed by atoms with Gasteiger partial charge in [0, 0.05) is 5.69 Å². The predicted octanol–water partition coefficient (Wildman–Crippen LogP) is 2.69. The molecule has 138 valence electrons. The maximum atomic E-state index is 13.0. The number of amides is 1. The number of hydrogen-bond acceptors (Lipinski definition) is 4. The number of aryl methyl sites for hydroxylation is 1. The summed E-state index contributed by atoms with van der Waals surface area (Å²) in [6.45, 7) is 1.54. The van der Waals surface area contributed by atoms with Gasteiger partial charge in [-0.3, -0.25) is 4.79 Å². The molecule has 0 aliphatic heterocycles. The van der Waals surface area contributed by atoms with Crippen LogP contribution in [-0.2, 0) is 26.5 Å². The summed E-state index contributed by atoms with van der Waals surface area (Å²) in [6.07, 6.45) is 2.72. The van der Waals surface area contributed by atoms with Gasteiger partial charge in [0.15, 0.2) is 9.84 Å². The quantitative estimate of drug-likeness (QED) is 0.844. The molecule has 0 saturated carbocycles. The van der Waals surface area contributed by atoms with Gasteiger partial charge in [0.05, 0.1) is 22.7 Å². The van der Waals surface area contributed by atoms with Crippen LogP contribution in [0.1, 0.15) is 30.9 Å². The molecule has 0 fully saturated rings. The fourth-order valence-electron chi connectivity index (χ4n) is 3.53. The number of anilines is 1. The first-order valence-electron chi connectivity index (χ1n) is 8.70. The molecule has 6 heteroatoms. The predicted molar refractivity (Wildman–Crippen MR) is 101 cm³/mol. The summed E-state index contributed by atoms with van der Waals surface area (Å²) in [5, 5.41) is 11.8. The minimum absolute atomic E-state index is 0.0874. The minimum atomic E-state index is -3.49.